The highest BCUT2D eigenvalue weighted by atomic mass is 32.1. The number of aryl methyl sites for hydroxylation is 1. The zero-order valence-corrected chi connectivity index (χ0v) is 9.62. The fraction of sp³-hybridized carbons (Fsp3) is 0.667. The Morgan fingerprint density at radius 3 is 2.80 bits per heavy atom. The van der Waals surface area contributed by atoms with E-state index in [1.165, 1.54) is 0 Å². The lowest BCUT2D eigenvalue weighted by molar-refractivity contribution is 0.0790. The largest absolute Gasteiger partial charge is 0.336 e. The molecule has 2 N–H and O–H groups in total. The highest BCUT2D eigenvalue weighted by Gasteiger charge is 2.31. The molecule has 0 aliphatic carbocycles. The molecule has 15 heavy (non-hydrogen) atoms. The molecule has 2 rings (SSSR count). The number of hydrogen-bond acceptors (Lipinski definition) is 5. The van der Waals surface area contributed by atoms with Gasteiger partial charge in [-0.15, -0.1) is 5.10 Å². The number of likely N-dealkylation sites (tertiary alicyclic amines) is 1. The minimum absolute atomic E-state index is 0.0160. The fourth-order valence-electron chi connectivity index (χ4n) is 1.73. The maximum atomic E-state index is 12.0. The van der Waals surface area contributed by atoms with Gasteiger partial charge < -0.3 is 10.6 Å². The summed E-state index contributed by atoms with van der Waals surface area (Å²) in [6.07, 6.45) is 0. The summed E-state index contributed by atoms with van der Waals surface area (Å²) in [5, 5.41) is 3.84. The van der Waals surface area contributed by atoms with Gasteiger partial charge in [0.05, 0.1) is 5.69 Å². The van der Waals surface area contributed by atoms with Crippen molar-refractivity contribution in [2.24, 2.45) is 11.7 Å². The Balaban J connectivity index is 2.13. The van der Waals surface area contributed by atoms with Crippen molar-refractivity contribution in [1.82, 2.24) is 14.5 Å². The minimum atomic E-state index is 0.0160. The van der Waals surface area contributed by atoms with Gasteiger partial charge in [-0.25, -0.2) is 0 Å². The summed E-state index contributed by atoms with van der Waals surface area (Å²) in [5.41, 5.74) is 6.58. The monoisotopic (exact) mass is 226 g/mol. The summed E-state index contributed by atoms with van der Waals surface area (Å²) in [6, 6.07) is 0.0927. The Bertz CT molecular complexity index is 368. The Labute approximate surface area is 92.4 Å². The van der Waals surface area contributed by atoms with Crippen LogP contribution in [0, 0.1) is 12.8 Å². The van der Waals surface area contributed by atoms with Crippen molar-refractivity contribution >= 4 is 17.4 Å². The van der Waals surface area contributed by atoms with Crippen LogP contribution in [0.25, 0.3) is 0 Å². The Morgan fingerprint density at radius 1 is 1.60 bits per heavy atom. The van der Waals surface area contributed by atoms with Gasteiger partial charge in [-0.05, 0) is 24.4 Å². The molecule has 1 fully saturated rings. The molecule has 1 aromatic heterocycles. The van der Waals surface area contributed by atoms with E-state index in [-0.39, 0.29) is 11.9 Å². The lowest BCUT2D eigenvalue weighted by atomic mass is 10.1. The Kier molecular flexibility index (Phi) is 2.70. The lowest BCUT2D eigenvalue weighted by Gasteiger charge is -2.14. The molecule has 2 unspecified atom stereocenters. The molecule has 0 spiro atoms. The molecule has 1 aromatic rings. The first-order valence-electron chi connectivity index (χ1n) is 4.93. The van der Waals surface area contributed by atoms with E-state index in [4.69, 9.17) is 5.73 Å². The summed E-state index contributed by atoms with van der Waals surface area (Å²) >= 11 is 1.15. The predicted octanol–water partition coefficient (Wildman–Crippen LogP) is 0.266. The number of rotatable bonds is 1. The van der Waals surface area contributed by atoms with Crippen LogP contribution in [0.1, 0.15) is 22.3 Å². The smallest absolute Gasteiger partial charge is 0.267 e. The van der Waals surface area contributed by atoms with E-state index in [2.05, 4.69) is 16.5 Å². The van der Waals surface area contributed by atoms with Crippen LogP contribution in [-0.4, -0.2) is 39.5 Å². The highest BCUT2D eigenvalue weighted by Crippen LogP contribution is 2.19. The van der Waals surface area contributed by atoms with Crippen molar-refractivity contribution in [1.29, 1.82) is 0 Å². The second-order valence-corrected chi connectivity index (χ2v) is 4.79. The van der Waals surface area contributed by atoms with E-state index in [9.17, 15) is 4.79 Å². The number of amides is 1. The first-order valence-corrected chi connectivity index (χ1v) is 5.70. The van der Waals surface area contributed by atoms with Gasteiger partial charge in [0.15, 0.2) is 0 Å². The van der Waals surface area contributed by atoms with Crippen LogP contribution in [0.5, 0.6) is 0 Å². The molecule has 5 nitrogen and oxygen atoms in total. The predicted molar refractivity (Wildman–Crippen MR) is 57.7 cm³/mol. The molecule has 1 amide bonds. The van der Waals surface area contributed by atoms with E-state index < -0.39 is 0 Å². The lowest BCUT2D eigenvalue weighted by Crippen LogP contribution is -2.32. The van der Waals surface area contributed by atoms with Crippen LogP contribution in [-0.2, 0) is 0 Å². The van der Waals surface area contributed by atoms with Crippen LogP contribution in [0.3, 0.4) is 0 Å². The molecule has 82 valence electrons. The second kappa shape index (κ2) is 3.86. The Morgan fingerprint density at radius 2 is 2.33 bits per heavy atom. The molecule has 1 aliphatic heterocycles. The average molecular weight is 226 g/mol. The van der Waals surface area contributed by atoms with Crippen molar-refractivity contribution in [3.8, 4) is 0 Å². The van der Waals surface area contributed by atoms with Crippen LogP contribution in [0.4, 0.5) is 0 Å². The topological polar surface area (TPSA) is 72.1 Å². The van der Waals surface area contributed by atoms with Crippen molar-refractivity contribution < 1.29 is 4.79 Å². The standard InChI is InChI=1S/C9H14N4OS/c1-5-3-13(4-7(5)10)9(14)8-6(2)11-12-15-8/h5,7H,3-4,10H2,1-2H3. The normalized spacial score (nSPS) is 25.9. The minimum Gasteiger partial charge on any atom is -0.336 e. The first-order chi connectivity index (χ1) is 7.09. The SMILES string of the molecule is Cc1nnsc1C(=O)N1CC(C)C(N)C1. The van der Waals surface area contributed by atoms with Crippen molar-refractivity contribution in [2.75, 3.05) is 13.1 Å². The maximum absolute atomic E-state index is 12.0. The number of carbonyl (C=O) groups is 1. The number of nitrogens with zero attached hydrogens (tertiary/aromatic N) is 3. The summed E-state index contributed by atoms with van der Waals surface area (Å²) in [5.74, 6) is 0.387. The van der Waals surface area contributed by atoms with E-state index in [0.717, 1.165) is 18.1 Å². The van der Waals surface area contributed by atoms with Crippen LogP contribution < -0.4 is 5.73 Å². The van der Waals surface area contributed by atoms with Gasteiger partial charge in [0.1, 0.15) is 4.88 Å². The quantitative estimate of drug-likeness (QED) is 0.746. The maximum Gasteiger partial charge on any atom is 0.267 e. The molecule has 0 radical (unpaired) electrons. The second-order valence-electron chi connectivity index (χ2n) is 4.04. The molecule has 0 bridgehead atoms. The third kappa shape index (κ3) is 1.87. The third-order valence-corrected chi connectivity index (χ3v) is 3.62. The molecule has 2 atom stereocenters. The summed E-state index contributed by atoms with van der Waals surface area (Å²) in [6.45, 7) is 5.24. The molecule has 0 saturated carbocycles. The summed E-state index contributed by atoms with van der Waals surface area (Å²) in [7, 11) is 0. The molecular formula is C9H14N4OS. The zero-order valence-electron chi connectivity index (χ0n) is 8.80. The van der Waals surface area contributed by atoms with E-state index in [1.807, 2.05) is 0 Å². The van der Waals surface area contributed by atoms with E-state index >= 15 is 0 Å². The van der Waals surface area contributed by atoms with Crippen LogP contribution in [0.15, 0.2) is 0 Å². The van der Waals surface area contributed by atoms with Gasteiger partial charge in [-0.2, -0.15) is 0 Å². The van der Waals surface area contributed by atoms with Gasteiger partial charge in [-0.1, -0.05) is 11.4 Å². The summed E-state index contributed by atoms with van der Waals surface area (Å²) in [4.78, 5) is 14.4. The van der Waals surface area contributed by atoms with Gasteiger partial charge in [-0.3, -0.25) is 4.79 Å². The average Bonchev–Trinajstić information content (AvgIpc) is 2.74. The van der Waals surface area contributed by atoms with Crippen molar-refractivity contribution in [2.45, 2.75) is 19.9 Å². The molecule has 1 saturated heterocycles. The fourth-order valence-corrected chi connectivity index (χ4v) is 2.35. The number of nitrogens with two attached hydrogens (primary N) is 1. The molecular weight excluding hydrogens is 212 g/mol. The van der Waals surface area contributed by atoms with Crippen molar-refractivity contribution in [3.05, 3.63) is 10.6 Å². The van der Waals surface area contributed by atoms with E-state index in [0.29, 0.717) is 23.0 Å². The molecule has 1 aliphatic rings. The van der Waals surface area contributed by atoms with Gasteiger partial charge in [0, 0.05) is 19.1 Å². The Hall–Kier alpha value is -1.01. The number of carbonyl (C=O) groups excluding carboxylic acids is 1. The van der Waals surface area contributed by atoms with Crippen LogP contribution in [0.2, 0.25) is 0 Å². The van der Waals surface area contributed by atoms with Gasteiger partial charge in [0.2, 0.25) is 0 Å². The number of aromatic nitrogens is 2. The van der Waals surface area contributed by atoms with Gasteiger partial charge >= 0.3 is 0 Å². The molecule has 0 aromatic carbocycles. The highest BCUT2D eigenvalue weighted by molar-refractivity contribution is 7.07. The zero-order chi connectivity index (χ0) is 11.0. The van der Waals surface area contributed by atoms with Crippen LogP contribution >= 0.6 is 11.5 Å². The molecule has 2 heterocycles. The van der Waals surface area contributed by atoms with Gasteiger partial charge in [0.25, 0.3) is 5.91 Å². The third-order valence-electron chi connectivity index (χ3n) is 2.80. The first kappa shape index (κ1) is 10.5. The van der Waals surface area contributed by atoms with Crippen molar-refractivity contribution in [3.63, 3.8) is 0 Å². The summed E-state index contributed by atoms with van der Waals surface area (Å²) < 4.78 is 3.77. The molecule has 6 heteroatoms. The van der Waals surface area contributed by atoms with E-state index in [1.54, 1.807) is 11.8 Å². The number of hydrogen-bond donors (Lipinski definition) is 1.